The number of carbonyl (C=O) groups is 2. The summed E-state index contributed by atoms with van der Waals surface area (Å²) in [4.78, 5) is 26.2. The highest BCUT2D eigenvalue weighted by molar-refractivity contribution is 5.90. The number of rotatable bonds is 7. The van der Waals surface area contributed by atoms with Crippen LogP contribution >= 0.6 is 0 Å². The molecule has 1 aromatic rings. The van der Waals surface area contributed by atoms with Gasteiger partial charge in [0.05, 0.1) is 12.0 Å². The normalized spacial score (nSPS) is 13.8. The van der Waals surface area contributed by atoms with Gasteiger partial charge in [0.1, 0.15) is 5.82 Å². The van der Waals surface area contributed by atoms with E-state index in [1.54, 1.807) is 0 Å². The van der Waals surface area contributed by atoms with Crippen LogP contribution in [0.15, 0.2) is 0 Å². The van der Waals surface area contributed by atoms with Crippen LogP contribution in [0.25, 0.3) is 0 Å². The molecule has 0 radical (unpaired) electrons. The third-order valence-corrected chi connectivity index (χ3v) is 2.38. The minimum absolute atomic E-state index is 0.0189. The first-order valence-corrected chi connectivity index (χ1v) is 5.97. The number of aliphatic carboxylic acids is 1. The maximum atomic E-state index is 11.7. The van der Waals surface area contributed by atoms with Gasteiger partial charge >= 0.3 is 5.97 Å². The smallest absolute Gasteiger partial charge is 0.306 e. The van der Waals surface area contributed by atoms with Gasteiger partial charge in [0, 0.05) is 13.0 Å². The zero-order chi connectivity index (χ0) is 14.5. The van der Waals surface area contributed by atoms with Crippen molar-refractivity contribution in [1.29, 1.82) is 0 Å². The molecule has 8 heteroatoms. The van der Waals surface area contributed by atoms with Gasteiger partial charge in [-0.25, -0.2) is 4.98 Å². The summed E-state index contributed by atoms with van der Waals surface area (Å²) >= 11 is 0. The number of carboxylic acids is 1. The molecule has 0 aliphatic heterocycles. The van der Waals surface area contributed by atoms with Crippen molar-refractivity contribution in [1.82, 2.24) is 20.5 Å². The maximum absolute atomic E-state index is 11.7. The summed E-state index contributed by atoms with van der Waals surface area (Å²) in [5, 5.41) is 27.1. The van der Waals surface area contributed by atoms with Gasteiger partial charge in [-0.1, -0.05) is 6.92 Å². The molecule has 19 heavy (non-hydrogen) atoms. The van der Waals surface area contributed by atoms with E-state index in [9.17, 15) is 14.7 Å². The van der Waals surface area contributed by atoms with Crippen LogP contribution in [0.5, 0.6) is 0 Å². The van der Waals surface area contributed by atoms with E-state index in [4.69, 9.17) is 5.11 Å². The number of carboxylic acid groups (broad SMARTS) is 1. The zero-order valence-corrected chi connectivity index (χ0v) is 10.9. The first-order chi connectivity index (χ1) is 8.84. The Morgan fingerprint density at radius 2 is 2.16 bits per heavy atom. The molecule has 0 saturated carbocycles. The van der Waals surface area contributed by atoms with Crippen LogP contribution in [0.1, 0.15) is 43.1 Å². The van der Waals surface area contributed by atoms with E-state index in [2.05, 4.69) is 20.5 Å². The Morgan fingerprint density at radius 3 is 2.74 bits per heavy atom. The average molecular weight is 270 g/mol. The molecule has 1 aromatic heterocycles. The zero-order valence-electron chi connectivity index (χ0n) is 10.9. The molecular formula is C11H18N4O4. The molecular weight excluding hydrogens is 252 g/mol. The molecule has 0 aromatic carbocycles. The average Bonchev–Trinajstić information content (AvgIpc) is 2.73. The molecule has 106 valence electrons. The Labute approximate surface area is 110 Å². The maximum Gasteiger partial charge on any atom is 0.306 e. The fraction of sp³-hybridized carbons (Fsp3) is 0.636. The van der Waals surface area contributed by atoms with Crippen LogP contribution in [-0.4, -0.2) is 49.4 Å². The predicted molar refractivity (Wildman–Crippen MR) is 65.6 cm³/mol. The molecule has 1 atom stereocenters. The second kappa shape index (κ2) is 6.28. The van der Waals surface area contributed by atoms with Crippen LogP contribution < -0.4 is 5.32 Å². The topological polar surface area (TPSA) is 128 Å². The standard InChI is InChI=1S/C11H18N4O4/c1-3-4-7-13-9(15-14-7)10(18)12-6-11(2,19)5-8(16)17/h19H,3-6H2,1-2H3,(H,12,18)(H,16,17)(H,13,14,15). The number of aryl methyl sites for hydroxylation is 1. The number of hydrogen-bond acceptors (Lipinski definition) is 5. The van der Waals surface area contributed by atoms with Crippen LogP contribution in [0.2, 0.25) is 0 Å². The molecule has 1 heterocycles. The summed E-state index contributed by atoms with van der Waals surface area (Å²) < 4.78 is 0. The van der Waals surface area contributed by atoms with Gasteiger partial charge in [-0.3, -0.25) is 14.7 Å². The number of aliphatic hydroxyl groups is 1. The van der Waals surface area contributed by atoms with Crippen molar-refractivity contribution >= 4 is 11.9 Å². The molecule has 1 amide bonds. The quantitative estimate of drug-likeness (QED) is 0.539. The number of aromatic amines is 1. The lowest BCUT2D eigenvalue weighted by molar-refractivity contribution is -0.141. The lowest BCUT2D eigenvalue weighted by atomic mass is 10.0. The van der Waals surface area contributed by atoms with E-state index in [0.29, 0.717) is 12.2 Å². The molecule has 0 spiro atoms. The first kappa shape index (κ1) is 15.1. The Morgan fingerprint density at radius 1 is 1.47 bits per heavy atom. The number of hydrogen-bond donors (Lipinski definition) is 4. The SMILES string of the molecule is CCCc1nc(C(=O)NCC(C)(O)CC(=O)O)n[nH]1. The summed E-state index contributed by atoms with van der Waals surface area (Å²) in [5.74, 6) is -1.09. The van der Waals surface area contributed by atoms with Gasteiger partial charge in [-0.2, -0.15) is 0 Å². The summed E-state index contributed by atoms with van der Waals surface area (Å²) in [6, 6.07) is 0. The largest absolute Gasteiger partial charge is 0.481 e. The minimum Gasteiger partial charge on any atom is -0.481 e. The van der Waals surface area contributed by atoms with Crippen LogP contribution in [-0.2, 0) is 11.2 Å². The predicted octanol–water partition coefficient (Wildman–Crippen LogP) is -0.287. The van der Waals surface area contributed by atoms with E-state index in [0.717, 1.165) is 6.42 Å². The van der Waals surface area contributed by atoms with Gasteiger partial charge in [-0.15, -0.1) is 5.10 Å². The fourth-order valence-corrected chi connectivity index (χ4v) is 1.48. The lowest BCUT2D eigenvalue weighted by Crippen LogP contribution is -2.42. The monoisotopic (exact) mass is 270 g/mol. The molecule has 0 aliphatic carbocycles. The van der Waals surface area contributed by atoms with Crippen LogP contribution in [0, 0.1) is 0 Å². The second-order valence-electron chi connectivity index (χ2n) is 4.61. The molecule has 0 aliphatic rings. The van der Waals surface area contributed by atoms with Crippen LogP contribution in [0.4, 0.5) is 0 Å². The van der Waals surface area contributed by atoms with Crippen molar-refractivity contribution < 1.29 is 19.8 Å². The molecule has 0 bridgehead atoms. The highest BCUT2D eigenvalue weighted by Gasteiger charge is 2.25. The number of H-pyrrole nitrogens is 1. The minimum atomic E-state index is -1.51. The van der Waals surface area contributed by atoms with Crippen molar-refractivity contribution in [3.63, 3.8) is 0 Å². The molecule has 4 N–H and O–H groups in total. The van der Waals surface area contributed by atoms with E-state index in [1.165, 1.54) is 6.92 Å². The number of aromatic nitrogens is 3. The molecule has 1 rings (SSSR count). The van der Waals surface area contributed by atoms with Crippen molar-refractivity contribution in [2.24, 2.45) is 0 Å². The van der Waals surface area contributed by atoms with Crippen LogP contribution in [0.3, 0.4) is 0 Å². The Balaban J connectivity index is 2.52. The number of nitrogens with zero attached hydrogens (tertiary/aromatic N) is 2. The van der Waals surface area contributed by atoms with E-state index in [1.807, 2.05) is 6.92 Å². The van der Waals surface area contributed by atoms with Crippen molar-refractivity contribution in [2.45, 2.75) is 38.7 Å². The third-order valence-electron chi connectivity index (χ3n) is 2.38. The van der Waals surface area contributed by atoms with Crippen molar-refractivity contribution in [3.8, 4) is 0 Å². The number of nitrogens with one attached hydrogen (secondary N) is 2. The summed E-state index contributed by atoms with van der Waals surface area (Å²) in [5.41, 5.74) is -1.51. The van der Waals surface area contributed by atoms with E-state index < -0.39 is 23.9 Å². The molecule has 0 saturated heterocycles. The number of carbonyl (C=O) groups excluding carboxylic acids is 1. The lowest BCUT2D eigenvalue weighted by Gasteiger charge is -2.20. The fourth-order valence-electron chi connectivity index (χ4n) is 1.48. The highest BCUT2D eigenvalue weighted by Crippen LogP contribution is 2.07. The first-order valence-electron chi connectivity index (χ1n) is 5.97. The van der Waals surface area contributed by atoms with Crippen molar-refractivity contribution in [2.75, 3.05) is 6.54 Å². The van der Waals surface area contributed by atoms with E-state index in [-0.39, 0.29) is 12.4 Å². The van der Waals surface area contributed by atoms with Gasteiger partial charge in [-0.05, 0) is 13.3 Å². The summed E-state index contributed by atoms with van der Waals surface area (Å²) in [7, 11) is 0. The second-order valence-corrected chi connectivity index (χ2v) is 4.61. The summed E-state index contributed by atoms with van der Waals surface area (Å²) in [6.07, 6.45) is 1.11. The van der Waals surface area contributed by atoms with Gasteiger partial charge in [0.15, 0.2) is 0 Å². The molecule has 8 nitrogen and oxygen atoms in total. The third kappa shape index (κ3) is 5.04. The Bertz CT molecular complexity index is 455. The molecule has 1 unspecified atom stereocenters. The van der Waals surface area contributed by atoms with E-state index >= 15 is 0 Å². The Hall–Kier alpha value is -1.96. The van der Waals surface area contributed by atoms with Gasteiger partial charge in [0.2, 0.25) is 5.82 Å². The van der Waals surface area contributed by atoms with Gasteiger partial charge in [0.25, 0.3) is 5.91 Å². The van der Waals surface area contributed by atoms with Gasteiger partial charge < -0.3 is 15.5 Å². The van der Waals surface area contributed by atoms with Crippen molar-refractivity contribution in [3.05, 3.63) is 11.6 Å². The number of amides is 1. The highest BCUT2D eigenvalue weighted by atomic mass is 16.4. The Kier molecular flexibility index (Phi) is 4.99. The molecule has 0 fully saturated rings. The summed E-state index contributed by atoms with van der Waals surface area (Å²) in [6.45, 7) is 3.13.